The lowest BCUT2D eigenvalue weighted by Gasteiger charge is -2.11. The Kier molecular flexibility index (Phi) is 4.46. The lowest BCUT2D eigenvalue weighted by Crippen LogP contribution is -2.28. The van der Waals surface area contributed by atoms with Crippen LogP contribution in [0.5, 0.6) is 0 Å². The molecule has 0 fully saturated rings. The molecule has 0 aromatic carbocycles. The number of nitrogens with zero attached hydrogens (tertiary/aromatic N) is 4. The van der Waals surface area contributed by atoms with Gasteiger partial charge in [0, 0.05) is 30.4 Å². The van der Waals surface area contributed by atoms with Crippen molar-refractivity contribution in [2.24, 2.45) is 0 Å². The summed E-state index contributed by atoms with van der Waals surface area (Å²) in [6.07, 6.45) is 7.18. The Morgan fingerprint density at radius 2 is 2.00 bits per heavy atom. The average Bonchev–Trinajstić information content (AvgIpc) is 3.08. The van der Waals surface area contributed by atoms with Gasteiger partial charge in [-0.3, -0.25) is 14.8 Å². The molecule has 3 rings (SSSR count). The number of aromatic nitrogens is 4. The highest BCUT2D eigenvalue weighted by Crippen LogP contribution is 2.28. The van der Waals surface area contributed by atoms with E-state index in [-0.39, 0.29) is 22.7 Å². The van der Waals surface area contributed by atoms with Crippen molar-refractivity contribution in [2.45, 2.75) is 13.0 Å². The second kappa shape index (κ2) is 6.87. The highest BCUT2D eigenvalue weighted by molar-refractivity contribution is 5.96. The van der Waals surface area contributed by atoms with Crippen molar-refractivity contribution in [1.82, 2.24) is 25.4 Å². The number of hydrogen-bond acceptors (Lipinski definition) is 7. The molecule has 1 atom stereocenters. The number of carbonyl (C=O) groups is 2. The Labute approximate surface area is 141 Å². The smallest absolute Gasteiger partial charge is 0.341 e. The van der Waals surface area contributed by atoms with Crippen LogP contribution in [0.4, 0.5) is 0 Å². The molecule has 3 aromatic rings. The van der Waals surface area contributed by atoms with Gasteiger partial charge in [0.2, 0.25) is 0 Å². The normalized spacial score (nSPS) is 11.7. The molecule has 0 saturated heterocycles. The van der Waals surface area contributed by atoms with Gasteiger partial charge in [-0.05, 0) is 19.1 Å². The zero-order chi connectivity index (χ0) is 17.8. The molecule has 25 heavy (non-hydrogen) atoms. The summed E-state index contributed by atoms with van der Waals surface area (Å²) in [6.45, 7) is 1.59. The number of nitrogens with one attached hydrogen (secondary N) is 1. The van der Waals surface area contributed by atoms with Gasteiger partial charge in [0.15, 0.2) is 5.76 Å². The van der Waals surface area contributed by atoms with E-state index < -0.39 is 17.9 Å². The van der Waals surface area contributed by atoms with Crippen LogP contribution in [0.1, 0.15) is 39.6 Å². The van der Waals surface area contributed by atoms with Crippen LogP contribution in [0.25, 0.3) is 11.3 Å². The average molecular weight is 339 g/mol. The lowest BCUT2D eigenvalue weighted by molar-refractivity contribution is 0.0692. The zero-order valence-corrected chi connectivity index (χ0v) is 13.1. The van der Waals surface area contributed by atoms with E-state index in [1.165, 1.54) is 24.8 Å². The molecular weight excluding hydrogens is 326 g/mol. The molecule has 126 valence electrons. The van der Waals surface area contributed by atoms with E-state index in [2.05, 4.69) is 25.4 Å². The standard InChI is InChI=1S/C16H13N5O4/c1-9(20-15(22)11-8-18-5-6-19-11)14-12(16(23)24)13(21-25-14)10-3-2-4-17-7-10/h2-9H,1H3,(H,20,22)(H,23,24)/t9-/m1/s1. The van der Waals surface area contributed by atoms with Gasteiger partial charge in [0.1, 0.15) is 17.0 Å². The second-order valence-corrected chi connectivity index (χ2v) is 5.10. The molecule has 9 heteroatoms. The Hall–Kier alpha value is -3.62. The molecule has 1 amide bonds. The highest BCUT2D eigenvalue weighted by Gasteiger charge is 2.28. The van der Waals surface area contributed by atoms with Crippen LogP contribution in [-0.2, 0) is 0 Å². The lowest BCUT2D eigenvalue weighted by atomic mass is 10.0. The van der Waals surface area contributed by atoms with Crippen LogP contribution in [-0.4, -0.2) is 37.1 Å². The number of pyridine rings is 1. The van der Waals surface area contributed by atoms with E-state index in [9.17, 15) is 14.7 Å². The van der Waals surface area contributed by atoms with Crippen LogP contribution in [0.2, 0.25) is 0 Å². The molecule has 0 spiro atoms. The third-order valence-electron chi connectivity index (χ3n) is 3.40. The Morgan fingerprint density at radius 3 is 2.64 bits per heavy atom. The molecule has 0 bridgehead atoms. The maximum absolute atomic E-state index is 12.2. The predicted molar refractivity (Wildman–Crippen MR) is 84.6 cm³/mol. The highest BCUT2D eigenvalue weighted by atomic mass is 16.5. The van der Waals surface area contributed by atoms with Gasteiger partial charge < -0.3 is 14.9 Å². The van der Waals surface area contributed by atoms with E-state index in [0.717, 1.165) is 0 Å². The fourth-order valence-corrected chi connectivity index (χ4v) is 2.26. The van der Waals surface area contributed by atoms with Crippen LogP contribution < -0.4 is 5.32 Å². The maximum Gasteiger partial charge on any atom is 0.341 e. The molecule has 9 nitrogen and oxygen atoms in total. The maximum atomic E-state index is 12.2. The Bertz CT molecular complexity index is 895. The fraction of sp³-hybridized carbons (Fsp3) is 0.125. The summed E-state index contributed by atoms with van der Waals surface area (Å²) >= 11 is 0. The predicted octanol–water partition coefficient (Wildman–Crippen LogP) is 1.72. The topological polar surface area (TPSA) is 131 Å². The minimum absolute atomic E-state index is 0.0311. The molecule has 0 aliphatic carbocycles. The molecule has 2 N–H and O–H groups in total. The van der Waals surface area contributed by atoms with Gasteiger partial charge in [-0.25, -0.2) is 9.78 Å². The van der Waals surface area contributed by atoms with Crippen LogP contribution in [0.15, 0.2) is 47.6 Å². The van der Waals surface area contributed by atoms with Gasteiger partial charge in [-0.1, -0.05) is 5.16 Å². The van der Waals surface area contributed by atoms with Crippen molar-refractivity contribution in [3.8, 4) is 11.3 Å². The summed E-state index contributed by atoms with van der Waals surface area (Å²) in [5, 5.41) is 16.0. The molecule has 0 aliphatic rings. The van der Waals surface area contributed by atoms with Crippen LogP contribution >= 0.6 is 0 Å². The number of hydrogen-bond donors (Lipinski definition) is 2. The zero-order valence-electron chi connectivity index (χ0n) is 13.1. The number of amides is 1. The monoisotopic (exact) mass is 339 g/mol. The molecule has 3 aromatic heterocycles. The van der Waals surface area contributed by atoms with E-state index in [0.29, 0.717) is 5.56 Å². The summed E-state index contributed by atoms with van der Waals surface area (Å²) in [5.41, 5.74) is 0.636. The van der Waals surface area contributed by atoms with E-state index >= 15 is 0 Å². The van der Waals surface area contributed by atoms with Crippen molar-refractivity contribution < 1.29 is 19.2 Å². The minimum Gasteiger partial charge on any atom is -0.477 e. The molecule has 0 aliphatic heterocycles. The number of carboxylic acid groups (broad SMARTS) is 1. The summed E-state index contributed by atoms with van der Waals surface area (Å²) < 4.78 is 5.20. The summed E-state index contributed by atoms with van der Waals surface area (Å²) in [7, 11) is 0. The van der Waals surface area contributed by atoms with Gasteiger partial charge in [0.25, 0.3) is 5.91 Å². The molecule has 0 radical (unpaired) electrons. The first-order valence-electron chi connectivity index (χ1n) is 7.28. The first-order chi connectivity index (χ1) is 12.1. The van der Waals surface area contributed by atoms with Gasteiger partial charge in [0.05, 0.1) is 12.2 Å². The first kappa shape index (κ1) is 16.2. The van der Waals surface area contributed by atoms with Crippen molar-refractivity contribution in [3.05, 3.63) is 60.1 Å². The minimum atomic E-state index is -1.21. The fourth-order valence-electron chi connectivity index (χ4n) is 2.26. The van der Waals surface area contributed by atoms with Crippen LogP contribution in [0.3, 0.4) is 0 Å². The first-order valence-corrected chi connectivity index (χ1v) is 7.28. The largest absolute Gasteiger partial charge is 0.477 e. The summed E-state index contributed by atoms with van der Waals surface area (Å²) in [5.74, 6) is -1.68. The molecule has 0 saturated carbocycles. The number of rotatable bonds is 5. The summed E-state index contributed by atoms with van der Waals surface area (Å²) in [6, 6.07) is 2.59. The second-order valence-electron chi connectivity index (χ2n) is 5.10. The van der Waals surface area contributed by atoms with Crippen molar-refractivity contribution in [1.29, 1.82) is 0 Å². The Morgan fingerprint density at radius 1 is 1.20 bits per heavy atom. The third-order valence-corrected chi connectivity index (χ3v) is 3.40. The number of carboxylic acids is 1. The van der Waals surface area contributed by atoms with Gasteiger partial charge >= 0.3 is 5.97 Å². The molecule has 3 heterocycles. The van der Waals surface area contributed by atoms with Crippen molar-refractivity contribution in [3.63, 3.8) is 0 Å². The molecular formula is C16H13N5O4. The van der Waals surface area contributed by atoms with Gasteiger partial charge in [-0.2, -0.15) is 0 Å². The Balaban J connectivity index is 1.91. The van der Waals surface area contributed by atoms with Crippen molar-refractivity contribution >= 4 is 11.9 Å². The van der Waals surface area contributed by atoms with E-state index in [1.807, 2.05) is 0 Å². The van der Waals surface area contributed by atoms with E-state index in [1.54, 1.807) is 25.3 Å². The number of aromatic carboxylic acids is 1. The quantitative estimate of drug-likeness (QED) is 0.718. The van der Waals surface area contributed by atoms with Crippen LogP contribution in [0, 0.1) is 0 Å². The SMILES string of the molecule is C[C@@H](NC(=O)c1cnccn1)c1onc(-c2cccnc2)c1C(=O)O. The van der Waals surface area contributed by atoms with Gasteiger partial charge in [-0.15, -0.1) is 0 Å². The molecule has 0 unspecified atom stereocenters. The van der Waals surface area contributed by atoms with Crippen molar-refractivity contribution in [2.75, 3.05) is 0 Å². The third kappa shape index (κ3) is 3.34. The number of carbonyl (C=O) groups excluding carboxylic acids is 1. The summed E-state index contributed by atoms with van der Waals surface area (Å²) in [4.78, 5) is 35.5. The van der Waals surface area contributed by atoms with E-state index in [4.69, 9.17) is 4.52 Å².